The number of thiocyanates is 1. The summed E-state index contributed by atoms with van der Waals surface area (Å²) in [6, 6.07) is 6.93. The van der Waals surface area contributed by atoms with Crippen molar-refractivity contribution in [3.8, 4) is 5.40 Å². The largest absolute Gasteiger partial charge is 0.323 e. The van der Waals surface area contributed by atoms with Gasteiger partial charge in [0, 0.05) is 16.8 Å². The van der Waals surface area contributed by atoms with E-state index < -0.39 is 0 Å². The van der Waals surface area contributed by atoms with Crippen LogP contribution in [-0.2, 0) is 0 Å². The van der Waals surface area contributed by atoms with Gasteiger partial charge in [-0.3, -0.25) is 0 Å². The number of benzene rings is 1. The normalized spacial score (nSPS) is 13.7. The van der Waals surface area contributed by atoms with Crippen LogP contribution >= 0.6 is 11.8 Å². The molecule has 1 saturated carbocycles. The predicted molar refractivity (Wildman–Crippen MR) is 76.6 cm³/mol. The predicted octanol–water partition coefficient (Wildman–Crippen LogP) is 3.84. The molecule has 5 heteroatoms. The van der Waals surface area contributed by atoms with Crippen LogP contribution in [0.1, 0.15) is 25.7 Å². The second-order valence-corrected chi connectivity index (χ2v) is 5.18. The van der Waals surface area contributed by atoms with Gasteiger partial charge in [-0.05, 0) is 61.7 Å². The Kier molecular flexibility index (Phi) is 4.87. The third-order valence-electron chi connectivity index (χ3n) is 2.93. The van der Waals surface area contributed by atoms with Gasteiger partial charge >= 0.3 is 6.03 Å². The molecule has 1 aliphatic rings. The fraction of sp³-hybridized carbons (Fsp3) is 0.286. The summed E-state index contributed by atoms with van der Waals surface area (Å²) in [6.07, 6.45) is 6.41. The number of anilines is 1. The lowest BCUT2D eigenvalue weighted by molar-refractivity contribution is 0.255. The van der Waals surface area contributed by atoms with Crippen molar-refractivity contribution in [2.24, 2.45) is 0 Å². The Hall–Kier alpha value is -1.93. The topological polar surface area (TPSA) is 64.9 Å². The number of hydrogen-bond donors (Lipinski definition) is 2. The van der Waals surface area contributed by atoms with Gasteiger partial charge in [-0.15, -0.1) is 0 Å². The van der Waals surface area contributed by atoms with Crippen LogP contribution in [-0.4, -0.2) is 6.03 Å². The minimum absolute atomic E-state index is 0.236. The van der Waals surface area contributed by atoms with Crippen molar-refractivity contribution >= 4 is 23.5 Å². The Morgan fingerprint density at radius 1 is 1.26 bits per heavy atom. The molecule has 1 fully saturated rings. The number of nitrogens with zero attached hydrogens (tertiary/aromatic N) is 1. The van der Waals surface area contributed by atoms with Crippen LogP contribution in [0.5, 0.6) is 0 Å². The van der Waals surface area contributed by atoms with E-state index in [-0.39, 0.29) is 6.03 Å². The molecule has 98 valence electrons. The molecule has 2 rings (SSSR count). The van der Waals surface area contributed by atoms with Crippen LogP contribution in [0, 0.1) is 10.7 Å². The zero-order valence-corrected chi connectivity index (χ0v) is 11.3. The van der Waals surface area contributed by atoms with Crippen LogP contribution in [0.15, 0.2) is 40.9 Å². The molecule has 4 nitrogen and oxygen atoms in total. The Morgan fingerprint density at radius 3 is 2.58 bits per heavy atom. The van der Waals surface area contributed by atoms with E-state index in [1.807, 2.05) is 11.6 Å². The monoisotopic (exact) mass is 273 g/mol. The maximum atomic E-state index is 11.7. The number of urea groups is 1. The molecular weight excluding hydrogens is 258 g/mol. The quantitative estimate of drug-likeness (QED) is 0.649. The molecule has 1 aliphatic carbocycles. The Bertz CT molecular complexity index is 508. The van der Waals surface area contributed by atoms with Gasteiger partial charge in [-0.2, -0.15) is 5.26 Å². The number of allylic oxidation sites excluding steroid dienone is 1. The molecule has 0 unspecified atom stereocenters. The first-order valence-corrected chi connectivity index (χ1v) is 7.01. The molecule has 2 N–H and O–H groups in total. The first-order chi connectivity index (χ1) is 9.28. The van der Waals surface area contributed by atoms with Gasteiger partial charge in [0.25, 0.3) is 0 Å². The molecule has 0 aliphatic heterocycles. The average molecular weight is 273 g/mol. The zero-order valence-electron chi connectivity index (χ0n) is 10.5. The number of nitriles is 1. The molecule has 1 aromatic carbocycles. The highest BCUT2D eigenvalue weighted by Gasteiger charge is 2.07. The van der Waals surface area contributed by atoms with Crippen molar-refractivity contribution in [3.63, 3.8) is 0 Å². The Labute approximate surface area is 116 Å². The maximum absolute atomic E-state index is 11.7. The minimum atomic E-state index is -0.236. The molecule has 0 spiro atoms. The van der Waals surface area contributed by atoms with Crippen LogP contribution in [0.25, 0.3) is 0 Å². The first kappa shape index (κ1) is 13.5. The third kappa shape index (κ3) is 4.34. The molecule has 0 atom stereocenters. The highest BCUT2D eigenvalue weighted by Crippen LogP contribution is 2.22. The van der Waals surface area contributed by atoms with Gasteiger partial charge in [0.1, 0.15) is 5.40 Å². The molecule has 0 saturated heterocycles. The Morgan fingerprint density at radius 2 is 1.95 bits per heavy atom. The van der Waals surface area contributed by atoms with Crippen molar-refractivity contribution in [2.45, 2.75) is 30.6 Å². The number of thioether (sulfide) groups is 1. The van der Waals surface area contributed by atoms with E-state index in [1.165, 1.54) is 18.4 Å². The molecule has 0 radical (unpaired) electrons. The summed E-state index contributed by atoms with van der Waals surface area (Å²) >= 11 is 1.10. The summed E-state index contributed by atoms with van der Waals surface area (Å²) in [5, 5.41) is 16.0. The number of hydrogen-bond acceptors (Lipinski definition) is 3. The smallest absolute Gasteiger partial charge is 0.314 e. The second kappa shape index (κ2) is 6.86. The second-order valence-electron chi connectivity index (χ2n) is 4.33. The summed E-state index contributed by atoms with van der Waals surface area (Å²) in [7, 11) is 0. The molecule has 1 aromatic rings. The maximum Gasteiger partial charge on any atom is 0.323 e. The number of nitrogens with one attached hydrogen (secondary N) is 2. The number of carbonyl (C=O) groups is 1. The summed E-state index contributed by atoms with van der Waals surface area (Å²) in [6.45, 7) is 0. The molecule has 19 heavy (non-hydrogen) atoms. The van der Waals surface area contributed by atoms with E-state index in [2.05, 4.69) is 10.6 Å². The zero-order chi connectivity index (χ0) is 13.5. The van der Waals surface area contributed by atoms with E-state index in [0.29, 0.717) is 5.69 Å². The summed E-state index contributed by atoms with van der Waals surface area (Å²) in [5.41, 5.74) is 2.01. The van der Waals surface area contributed by atoms with Gasteiger partial charge in [-0.25, -0.2) is 4.79 Å². The lowest BCUT2D eigenvalue weighted by Gasteiger charge is -2.05. The van der Waals surface area contributed by atoms with Gasteiger partial charge in [-0.1, -0.05) is 5.57 Å². The third-order valence-corrected chi connectivity index (χ3v) is 3.53. The standard InChI is InChI=1S/C14H15N3OS/c15-10-19-13-7-5-12(6-8-13)17-14(18)16-9-11-3-1-2-4-11/h5-9H,1-4H2,(H2,16,17,18). The van der Waals surface area contributed by atoms with E-state index in [4.69, 9.17) is 5.26 Å². The molecular formula is C14H15N3OS. The SMILES string of the molecule is N#CSc1ccc(NC(=O)NC=C2CCCC2)cc1. The van der Waals surface area contributed by atoms with E-state index >= 15 is 0 Å². The van der Waals surface area contributed by atoms with Crippen molar-refractivity contribution in [2.75, 3.05) is 5.32 Å². The van der Waals surface area contributed by atoms with Crippen LogP contribution in [0.2, 0.25) is 0 Å². The Balaban J connectivity index is 1.84. The van der Waals surface area contributed by atoms with Crippen LogP contribution < -0.4 is 10.6 Å². The van der Waals surface area contributed by atoms with Crippen LogP contribution in [0.4, 0.5) is 10.5 Å². The van der Waals surface area contributed by atoms with Crippen molar-refractivity contribution < 1.29 is 4.79 Å². The fourth-order valence-corrected chi connectivity index (χ4v) is 2.34. The fourth-order valence-electron chi connectivity index (χ4n) is 1.97. The highest BCUT2D eigenvalue weighted by molar-refractivity contribution is 8.03. The lowest BCUT2D eigenvalue weighted by atomic mass is 10.2. The number of carbonyl (C=O) groups excluding carboxylic acids is 1. The van der Waals surface area contributed by atoms with E-state index in [1.54, 1.807) is 24.3 Å². The number of amides is 2. The summed E-state index contributed by atoms with van der Waals surface area (Å²) in [5.74, 6) is 0. The summed E-state index contributed by atoms with van der Waals surface area (Å²) in [4.78, 5) is 12.5. The van der Waals surface area contributed by atoms with Crippen molar-refractivity contribution in [1.82, 2.24) is 5.32 Å². The van der Waals surface area contributed by atoms with Gasteiger partial charge < -0.3 is 10.6 Å². The molecule has 0 heterocycles. The van der Waals surface area contributed by atoms with Crippen molar-refractivity contribution in [3.05, 3.63) is 36.0 Å². The van der Waals surface area contributed by atoms with Crippen molar-refractivity contribution in [1.29, 1.82) is 5.26 Å². The highest BCUT2D eigenvalue weighted by atomic mass is 32.2. The molecule has 0 aromatic heterocycles. The average Bonchev–Trinajstić information content (AvgIpc) is 2.92. The minimum Gasteiger partial charge on any atom is -0.314 e. The summed E-state index contributed by atoms with van der Waals surface area (Å²) < 4.78 is 0. The van der Waals surface area contributed by atoms with E-state index in [9.17, 15) is 4.79 Å². The lowest BCUT2D eigenvalue weighted by Crippen LogP contribution is -2.24. The first-order valence-electron chi connectivity index (χ1n) is 6.19. The molecule has 2 amide bonds. The van der Waals surface area contributed by atoms with E-state index in [0.717, 1.165) is 29.5 Å². The number of rotatable bonds is 3. The van der Waals surface area contributed by atoms with Gasteiger partial charge in [0.05, 0.1) is 0 Å². The molecule has 0 bridgehead atoms. The van der Waals surface area contributed by atoms with Gasteiger partial charge in [0.2, 0.25) is 0 Å². The van der Waals surface area contributed by atoms with Gasteiger partial charge in [0.15, 0.2) is 0 Å². The van der Waals surface area contributed by atoms with Crippen LogP contribution in [0.3, 0.4) is 0 Å².